The Bertz CT molecular complexity index is 1910. The fraction of sp³-hybridized carbons (Fsp3) is 0.265. The summed E-state index contributed by atoms with van der Waals surface area (Å²) in [5.74, 6) is -3.46. The van der Waals surface area contributed by atoms with E-state index in [1.165, 1.54) is 29.5 Å². The summed E-state index contributed by atoms with van der Waals surface area (Å²) in [4.78, 5) is 83.1. The minimum absolute atomic E-state index is 0.00432. The molecule has 0 aliphatic rings. The van der Waals surface area contributed by atoms with E-state index in [1.807, 2.05) is 6.07 Å². The van der Waals surface area contributed by atoms with Gasteiger partial charge in [-0.1, -0.05) is 65.7 Å². The van der Waals surface area contributed by atoms with Gasteiger partial charge in [-0.05, 0) is 49.9 Å². The molecule has 50 heavy (non-hydrogen) atoms. The molecule has 0 saturated carbocycles. The number of amides is 2. The lowest BCUT2D eigenvalue weighted by Crippen LogP contribution is -2.47. The van der Waals surface area contributed by atoms with Gasteiger partial charge in [0.05, 0.1) is 33.1 Å². The summed E-state index contributed by atoms with van der Waals surface area (Å²) < 4.78 is 16.7. The minimum Gasteiger partial charge on any atom is -0.460 e. The van der Waals surface area contributed by atoms with Gasteiger partial charge in [0.25, 0.3) is 5.56 Å². The average molecular weight is 744 g/mol. The molecule has 0 fully saturated rings. The van der Waals surface area contributed by atoms with E-state index in [0.29, 0.717) is 4.88 Å². The Kier molecular flexibility index (Phi) is 12.9. The maximum atomic E-state index is 13.6. The Hall–Kier alpha value is -5.05. The number of Topliss-reactive ketones (excluding diaryl/α,β-unsaturated/α-hetero) is 1. The molecule has 2 aromatic carbocycles. The van der Waals surface area contributed by atoms with Gasteiger partial charge in [-0.2, -0.15) is 0 Å². The van der Waals surface area contributed by atoms with Gasteiger partial charge in [0, 0.05) is 0 Å². The Labute approximate surface area is 300 Å². The lowest BCUT2D eigenvalue weighted by atomic mass is 10.1. The molecular formula is C34H32Cl2N4O9S. The Balaban J connectivity index is 1.54. The van der Waals surface area contributed by atoms with E-state index >= 15 is 0 Å². The second-order valence-electron chi connectivity index (χ2n) is 11.6. The van der Waals surface area contributed by atoms with Gasteiger partial charge in [-0.3, -0.25) is 29.1 Å². The number of anilines is 1. The molecule has 0 aliphatic heterocycles. The highest BCUT2D eigenvalue weighted by Crippen LogP contribution is 2.25. The summed E-state index contributed by atoms with van der Waals surface area (Å²) in [5.41, 5.74) is -1.42. The quantitative estimate of drug-likeness (QED) is 0.128. The number of hydrogen-bond acceptors (Lipinski definition) is 11. The third-order valence-electron chi connectivity index (χ3n) is 6.57. The predicted octanol–water partition coefficient (Wildman–Crippen LogP) is 5.67. The van der Waals surface area contributed by atoms with E-state index in [-0.39, 0.29) is 33.7 Å². The largest absolute Gasteiger partial charge is 0.460 e. The number of nitrogens with one attached hydrogen (secondary N) is 2. The standard InChI is InChI=1S/C34H32Cl2N4O9S/c1-34(2,3)49-28(43)15-23(25(41)19-47-32(45)29-21(35)11-7-12-22(29)36)38-27(42)17-40-30(26-13-8-14-50-26)37-16-24(31(40)44)39-33(46)48-18-20-9-5-4-6-10-20/h4-14,16,23H,15,17-19H2,1-3H3,(H,38,42)(H,39,46)/t23-/m0/s1. The smallest absolute Gasteiger partial charge is 0.412 e. The number of hydrogen-bond donors (Lipinski definition) is 2. The number of rotatable bonds is 13. The molecule has 0 aliphatic carbocycles. The maximum Gasteiger partial charge on any atom is 0.412 e. The van der Waals surface area contributed by atoms with Crippen molar-refractivity contribution in [1.29, 1.82) is 0 Å². The number of halogens is 2. The average Bonchev–Trinajstić information content (AvgIpc) is 3.59. The zero-order valence-corrected chi connectivity index (χ0v) is 29.4. The molecule has 16 heteroatoms. The maximum absolute atomic E-state index is 13.6. The van der Waals surface area contributed by atoms with Gasteiger partial charge in [0.2, 0.25) is 5.91 Å². The molecule has 13 nitrogen and oxygen atoms in total. The molecule has 2 heterocycles. The molecule has 4 rings (SSSR count). The van der Waals surface area contributed by atoms with Crippen LogP contribution in [0.4, 0.5) is 10.5 Å². The van der Waals surface area contributed by atoms with E-state index in [0.717, 1.165) is 16.3 Å². The first-order valence-electron chi connectivity index (χ1n) is 15.0. The second-order valence-corrected chi connectivity index (χ2v) is 13.4. The summed E-state index contributed by atoms with van der Waals surface area (Å²) in [6.07, 6.45) is -0.404. The van der Waals surface area contributed by atoms with Crippen LogP contribution in [0.2, 0.25) is 10.0 Å². The molecule has 2 aromatic heterocycles. The number of carbonyl (C=O) groups is 5. The molecule has 4 aromatic rings. The van der Waals surface area contributed by atoms with Crippen LogP contribution in [0.1, 0.15) is 43.1 Å². The zero-order chi connectivity index (χ0) is 36.4. The summed E-state index contributed by atoms with van der Waals surface area (Å²) in [6, 6.07) is 15.1. The van der Waals surface area contributed by atoms with E-state index in [4.69, 9.17) is 37.4 Å². The van der Waals surface area contributed by atoms with Crippen molar-refractivity contribution in [3.63, 3.8) is 0 Å². The monoisotopic (exact) mass is 742 g/mol. The summed E-state index contributed by atoms with van der Waals surface area (Å²) in [6.45, 7) is 3.28. The van der Waals surface area contributed by atoms with Crippen LogP contribution in [0, 0.1) is 0 Å². The van der Waals surface area contributed by atoms with E-state index in [2.05, 4.69) is 15.6 Å². The molecule has 0 unspecified atom stereocenters. The van der Waals surface area contributed by atoms with Gasteiger partial charge < -0.3 is 19.5 Å². The summed E-state index contributed by atoms with van der Waals surface area (Å²) >= 11 is 13.4. The van der Waals surface area contributed by atoms with Crippen LogP contribution >= 0.6 is 34.5 Å². The third-order valence-corrected chi connectivity index (χ3v) is 8.06. The van der Waals surface area contributed by atoms with Crippen LogP contribution in [0.5, 0.6) is 0 Å². The molecule has 262 valence electrons. The molecule has 0 spiro atoms. The van der Waals surface area contributed by atoms with Crippen LogP contribution < -0.4 is 16.2 Å². The van der Waals surface area contributed by atoms with Gasteiger partial charge in [0.1, 0.15) is 30.5 Å². The lowest BCUT2D eigenvalue weighted by Gasteiger charge is -2.23. The highest BCUT2D eigenvalue weighted by molar-refractivity contribution is 7.13. The van der Waals surface area contributed by atoms with Crippen molar-refractivity contribution in [2.24, 2.45) is 0 Å². The lowest BCUT2D eigenvalue weighted by molar-refractivity contribution is -0.156. The van der Waals surface area contributed by atoms with Crippen molar-refractivity contribution in [3.05, 3.63) is 104 Å². The second kappa shape index (κ2) is 17.1. The number of aromatic nitrogens is 2. The molecule has 0 radical (unpaired) electrons. The van der Waals surface area contributed by atoms with Crippen molar-refractivity contribution in [2.75, 3.05) is 11.9 Å². The normalized spacial score (nSPS) is 11.6. The zero-order valence-electron chi connectivity index (χ0n) is 27.1. The van der Waals surface area contributed by atoms with Gasteiger partial charge in [-0.25, -0.2) is 14.6 Å². The summed E-state index contributed by atoms with van der Waals surface area (Å²) in [5, 5.41) is 6.53. The topological polar surface area (TPSA) is 172 Å². The molecule has 1 atom stereocenters. The van der Waals surface area contributed by atoms with E-state index in [9.17, 15) is 28.8 Å². The van der Waals surface area contributed by atoms with Crippen molar-refractivity contribution >= 4 is 69.9 Å². The fourth-order valence-electron chi connectivity index (χ4n) is 4.38. The van der Waals surface area contributed by atoms with Gasteiger partial charge in [-0.15, -0.1) is 11.3 Å². The van der Waals surface area contributed by atoms with E-state index in [1.54, 1.807) is 62.5 Å². The van der Waals surface area contributed by atoms with Crippen LogP contribution in [0.15, 0.2) is 77.0 Å². The van der Waals surface area contributed by atoms with Crippen molar-refractivity contribution in [1.82, 2.24) is 14.9 Å². The number of esters is 2. The Morgan fingerprint density at radius 3 is 2.28 bits per heavy atom. The number of ether oxygens (including phenoxy) is 3. The van der Waals surface area contributed by atoms with Crippen molar-refractivity contribution in [3.8, 4) is 10.7 Å². The predicted molar refractivity (Wildman–Crippen MR) is 186 cm³/mol. The molecule has 0 bridgehead atoms. The molecule has 2 N–H and O–H groups in total. The molecule has 2 amide bonds. The van der Waals surface area contributed by atoms with Crippen LogP contribution in [-0.2, 0) is 41.7 Å². The third kappa shape index (κ3) is 10.7. The van der Waals surface area contributed by atoms with E-state index < -0.39 is 66.5 Å². The van der Waals surface area contributed by atoms with Gasteiger partial charge in [0.15, 0.2) is 18.2 Å². The van der Waals surface area contributed by atoms with Gasteiger partial charge >= 0.3 is 18.0 Å². The molecule has 0 saturated heterocycles. The highest BCUT2D eigenvalue weighted by atomic mass is 35.5. The fourth-order valence-corrected chi connectivity index (χ4v) is 5.66. The van der Waals surface area contributed by atoms with Crippen molar-refractivity contribution in [2.45, 2.75) is 52.0 Å². The number of nitrogens with zero attached hydrogens (tertiary/aromatic N) is 2. The number of benzene rings is 2. The number of ketones is 1. The van der Waals surface area contributed by atoms with Crippen LogP contribution in [0.3, 0.4) is 0 Å². The molecular weight excluding hydrogens is 711 g/mol. The SMILES string of the molecule is CC(C)(C)OC(=O)C[C@H](NC(=O)Cn1c(-c2cccs2)ncc(NC(=O)OCc2ccccc2)c1=O)C(=O)COC(=O)c1c(Cl)cccc1Cl. The first-order chi connectivity index (χ1) is 23.7. The highest BCUT2D eigenvalue weighted by Gasteiger charge is 2.29. The first kappa shape index (κ1) is 37.8. The van der Waals surface area contributed by atoms with Crippen LogP contribution in [-0.4, -0.2) is 57.5 Å². The first-order valence-corrected chi connectivity index (χ1v) is 16.6. The summed E-state index contributed by atoms with van der Waals surface area (Å²) in [7, 11) is 0. The Morgan fingerprint density at radius 1 is 0.940 bits per heavy atom. The van der Waals surface area contributed by atoms with Crippen molar-refractivity contribution < 1.29 is 38.2 Å². The van der Waals surface area contributed by atoms with Crippen LogP contribution in [0.25, 0.3) is 10.7 Å². The number of thiophene rings is 1. The Morgan fingerprint density at radius 2 is 1.64 bits per heavy atom. The number of carbonyl (C=O) groups excluding carboxylic acids is 5. The minimum atomic E-state index is -1.53.